The number of pyridine rings is 1. The molecule has 8 heteroatoms. The van der Waals surface area contributed by atoms with Crippen molar-refractivity contribution >= 4 is 17.2 Å². The van der Waals surface area contributed by atoms with Crippen LogP contribution in [-0.2, 0) is 11.3 Å². The molecule has 0 saturated heterocycles. The van der Waals surface area contributed by atoms with E-state index in [1.54, 1.807) is 43.5 Å². The number of hydrogen-bond donors (Lipinski definition) is 1. The number of Topliss-reactive ketones (excluding diaryl/α,β-unsaturated/α-hetero) is 1. The van der Waals surface area contributed by atoms with Crippen LogP contribution < -0.4 is 14.2 Å². The number of benzene rings is 2. The fourth-order valence-electron chi connectivity index (χ4n) is 3.33. The van der Waals surface area contributed by atoms with Crippen LogP contribution in [0.15, 0.2) is 73.6 Å². The molecule has 1 N–H and O–H groups in total. The van der Waals surface area contributed by atoms with Crippen LogP contribution in [0.4, 0.5) is 4.39 Å². The van der Waals surface area contributed by atoms with Gasteiger partial charge in [-0.1, -0.05) is 30.8 Å². The number of ether oxygens (including phenoxy) is 4. The molecule has 0 amide bonds. The number of aliphatic hydroxyl groups excluding tert-OH is 1. The summed E-state index contributed by atoms with van der Waals surface area (Å²) in [4.78, 5) is 17.6. The minimum Gasteiger partial charge on any atom is -0.515 e. The second-order valence-electron chi connectivity index (χ2n) is 7.28. The normalized spacial score (nSPS) is 11.1. The second-order valence-corrected chi connectivity index (χ2v) is 7.28. The van der Waals surface area contributed by atoms with E-state index >= 15 is 0 Å². The predicted molar refractivity (Wildman–Crippen MR) is 130 cm³/mol. The Balaban J connectivity index is 1.91. The number of hydrogen-bond acceptors (Lipinski definition) is 7. The van der Waals surface area contributed by atoms with Crippen molar-refractivity contribution in [3.8, 4) is 17.2 Å². The molecule has 0 atom stereocenters. The van der Waals surface area contributed by atoms with Crippen molar-refractivity contribution in [1.82, 2.24) is 4.98 Å². The van der Waals surface area contributed by atoms with Gasteiger partial charge in [-0.15, -0.1) is 0 Å². The number of aromatic nitrogens is 1. The van der Waals surface area contributed by atoms with E-state index in [4.69, 9.17) is 18.9 Å². The summed E-state index contributed by atoms with van der Waals surface area (Å²) in [6.07, 6.45) is 2.05. The van der Waals surface area contributed by atoms with Gasteiger partial charge in [0.1, 0.15) is 36.3 Å². The van der Waals surface area contributed by atoms with Crippen LogP contribution in [0.3, 0.4) is 0 Å². The van der Waals surface area contributed by atoms with E-state index in [1.807, 2.05) is 12.1 Å². The maximum absolute atomic E-state index is 14.5. The topological polar surface area (TPSA) is 87.1 Å². The van der Waals surface area contributed by atoms with Crippen molar-refractivity contribution in [1.29, 1.82) is 0 Å². The van der Waals surface area contributed by atoms with Crippen molar-refractivity contribution < 1.29 is 33.2 Å². The third kappa shape index (κ3) is 6.24. The molecule has 0 aliphatic carbocycles. The van der Waals surface area contributed by atoms with Crippen molar-refractivity contribution in [3.63, 3.8) is 0 Å². The Bertz CT molecular complexity index is 1210. The van der Waals surface area contributed by atoms with Gasteiger partial charge in [0.2, 0.25) is 5.78 Å². The highest BCUT2D eigenvalue weighted by Crippen LogP contribution is 2.35. The average Bonchev–Trinajstić information content (AvgIpc) is 2.88. The largest absolute Gasteiger partial charge is 0.515 e. The Morgan fingerprint density at radius 3 is 2.43 bits per heavy atom. The van der Waals surface area contributed by atoms with Gasteiger partial charge >= 0.3 is 0 Å². The smallest absolute Gasteiger partial charge is 0.218 e. The number of carbonyl (C=O) groups excluding carboxylic acids is 1. The van der Waals surface area contributed by atoms with Gasteiger partial charge in [0.05, 0.1) is 31.1 Å². The van der Waals surface area contributed by atoms with Gasteiger partial charge in [-0.3, -0.25) is 4.79 Å². The van der Waals surface area contributed by atoms with Gasteiger partial charge in [0.25, 0.3) is 0 Å². The Morgan fingerprint density at radius 1 is 1.03 bits per heavy atom. The highest BCUT2D eigenvalue weighted by molar-refractivity contribution is 6.29. The van der Waals surface area contributed by atoms with Crippen LogP contribution in [0, 0.1) is 0 Å². The van der Waals surface area contributed by atoms with E-state index in [0.717, 1.165) is 5.56 Å². The lowest BCUT2D eigenvalue weighted by Gasteiger charge is -2.16. The average molecular weight is 480 g/mol. The van der Waals surface area contributed by atoms with E-state index in [0.29, 0.717) is 12.0 Å². The van der Waals surface area contributed by atoms with Crippen molar-refractivity contribution in [2.24, 2.45) is 0 Å². The number of rotatable bonds is 12. The number of ketones is 1. The first-order valence-electron chi connectivity index (χ1n) is 10.7. The molecular formula is C27H26FNO6. The molecular weight excluding hydrogens is 453 g/mol. The zero-order chi connectivity index (χ0) is 25.2. The molecule has 0 aliphatic rings. The summed E-state index contributed by atoms with van der Waals surface area (Å²) in [6.45, 7) is 3.99. The number of halogens is 1. The Kier molecular flexibility index (Phi) is 8.97. The zero-order valence-electron chi connectivity index (χ0n) is 19.5. The summed E-state index contributed by atoms with van der Waals surface area (Å²) in [7, 11) is 3.09. The van der Waals surface area contributed by atoms with Crippen LogP contribution in [-0.4, -0.2) is 43.3 Å². The van der Waals surface area contributed by atoms with E-state index < -0.39 is 11.6 Å². The molecule has 3 rings (SSSR count). The van der Waals surface area contributed by atoms with Gasteiger partial charge in [-0.25, -0.2) is 9.37 Å². The maximum Gasteiger partial charge on any atom is 0.218 e. The molecule has 0 radical (unpaired) electrons. The fraction of sp³-hybridized carbons (Fsp3) is 0.185. The second kappa shape index (κ2) is 12.3. The molecule has 0 saturated carbocycles. The minimum absolute atomic E-state index is 0.0394. The van der Waals surface area contributed by atoms with Gasteiger partial charge in [0.15, 0.2) is 5.69 Å². The van der Waals surface area contributed by atoms with Gasteiger partial charge in [0, 0.05) is 18.9 Å². The summed E-state index contributed by atoms with van der Waals surface area (Å²) in [5.74, 6) is -0.397. The van der Waals surface area contributed by atoms with Gasteiger partial charge < -0.3 is 24.1 Å². The molecule has 182 valence electrons. The SMILES string of the molecule is C=C(F)c1c(OCCOC)cccc1C(=CO)C(=O)c1ncccc1OCc1ccc(OC)cc1. The Labute approximate surface area is 203 Å². The predicted octanol–water partition coefficient (Wildman–Crippen LogP) is 5.42. The first-order chi connectivity index (χ1) is 17.0. The van der Waals surface area contributed by atoms with Crippen molar-refractivity contribution in [2.45, 2.75) is 6.61 Å². The molecule has 3 aromatic rings. The number of methoxy groups -OCH3 is 2. The summed E-state index contributed by atoms with van der Waals surface area (Å²) >= 11 is 0. The minimum atomic E-state index is -0.822. The Morgan fingerprint density at radius 2 is 1.77 bits per heavy atom. The van der Waals surface area contributed by atoms with Gasteiger partial charge in [-0.05, 0) is 35.9 Å². The highest BCUT2D eigenvalue weighted by atomic mass is 19.1. The zero-order valence-corrected chi connectivity index (χ0v) is 19.5. The first-order valence-corrected chi connectivity index (χ1v) is 10.7. The third-order valence-corrected chi connectivity index (χ3v) is 5.05. The van der Waals surface area contributed by atoms with E-state index in [1.165, 1.54) is 19.4 Å². The highest BCUT2D eigenvalue weighted by Gasteiger charge is 2.25. The van der Waals surface area contributed by atoms with Crippen LogP contribution in [0.25, 0.3) is 11.4 Å². The standard InChI is InChI=1S/C27H26FNO6/c1-18(28)25-21(6-4-7-23(25)34-15-14-32-2)22(16-30)27(31)26-24(8-5-13-29-26)35-17-19-9-11-20(33-3)12-10-19/h4-13,16,30H,1,14-15,17H2,2-3H3. The lowest BCUT2D eigenvalue weighted by molar-refractivity contribution is 0.104. The summed E-state index contributed by atoms with van der Waals surface area (Å²) < 4.78 is 36.1. The fourth-order valence-corrected chi connectivity index (χ4v) is 3.33. The maximum atomic E-state index is 14.5. The molecule has 0 unspecified atom stereocenters. The van der Waals surface area contributed by atoms with Crippen LogP contribution >= 0.6 is 0 Å². The van der Waals surface area contributed by atoms with Crippen molar-refractivity contribution in [2.75, 3.05) is 27.4 Å². The quantitative estimate of drug-likeness (QED) is 0.161. The van der Waals surface area contributed by atoms with E-state index in [9.17, 15) is 14.3 Å². The molecule has 0 spiro atoms. The first kappa shape index (κ1) is 25.5. The lowest BCUT2D eigenvalue weighted by Crippen LogP contribution is -2.11. The number of allylic oxidation sites excluding steroid dienone is 1. The summed E-state index contributed by atoms with van der Waals surface area (Å²) in [6, 6.07) is 15.1. The molecule has 0 aliphatic heterocycles. The molecule has 35 heavy (non-hydrogen) atoms. The lowest BCUT2D eigenvalue weighted by atomic mass is 9.94. The van der Waals surface area contributed by atoms with Crippen LogP contribution in [0.5, 0.6) is 17.2 Å². The monoisotopic (exact) mass is 479 g/mol. The molecule has 7 nitrogen and oxygen atoms in total. The number of aliphatic hydroxyl groups is 1. The summed E-state index contributed by atoms with van der Waals surface area (Å²) in [5.41, 5.74) is 0.676. The Hall–Kier alpha value is -4.17. The van der Waals surface area contributed by atoms with E-state index in [-0.39, 0.29) is 53.7 Å². The number of carbonyl (C=O) groups is 1. The summed E-state index contributed by atoms with van der Waals surface area (Å²) in [5, 5.41) is 9.99. The molecule has 1 heterocycles. The third-order valence-electron chi connectivity index (χ3n) is 5.05. The molecule has 2 aromatic carbocycles. The van der Waals surface area contributed by atoms with Crippen molar-refractivity contribution in [3.05, 3.63) is 96.0 Å². The van der Waals surface area contributed by atoms with Crippen LogP contribution in [0.2, 0.25) is 0 Å². The molecule has 0 bridgehead atoms. The number of nitrogens with zero attached hydrogens (tertiary/aromatic N) is 1. The van der Waals surface area contributed by atoms with Crippen LogP contribution in [0.1, 0.15) is 27.2 Å². The molecule has 0 fully saturated rings. The van der Waals surface area contributed by atoms with E-state index in [2.05, 4.69) is 11.6 Å². The van der Waals surface area contributed by atoms with Gasteiger partial charge in [-0.2, -0.15) is 0 Å². The molecule has 1 aromatic heterocycles.